The van der Waals surface area contributed by atoms with Crippen molar-refractivity contribution in [3.8, 4) is 11.5 Å². The fourth-order valence-corrected chi connectivity index (χ4v) is 6.11. The Bertz CT molecular complexity index is 1090. The quantitative estimate of drug-likeness (QED) is 0.241. The highest BCUT2D eigenvalue weighted by molar-refractivity contribution is 7.67. The zero-order valence-electron chi connectivity index (χ0n) is 20.7. The van der Waals surface area contributed by atoms with Crippen molar-refractivity contribution in [1.29, 1.82) is 0 Å². The number of nitrogens with one attached hydrogen (secondary N) is 1. The third-order valence-electron chi connectivity index (χ3n) is 5.65. The maximum atomic E-state index is 14.9. The van der Waals surface area contributed by atoms with E-state index in [0.717, 1.165) is 29.8 Å². The lowest BCUT2D eigenvalue weighted by Gasteiger charge is -2.30. The Morgan fingerprint density at radius 3 is 2.18 bits per heavy atom. The van der Waals surface area contributed by atoms with Crippen molar-refractivity contribution in [3.63, 3.8) is 0 Å². The van der Waals surface area contributed by atoms with Gasteiger partial charge in [-0.1, -0.05) is 37.6 Å². The van der Waals surface area contributed by atoms with E-state index in [1.165, 1.54) is 0 Å². The molecule has 7 heteroatoms. The molecule has 2 unspecified atom stereocenters. The second kappa shape index (κ2) is 12.0. The van der Waals surface area contributed by atoms with Crippen LogP contribution in [0.2, 0.25) is 0 Å². The lowest BCUT2D eigenvalue weighted by molar-refractivity contribution is 0.308. The van der Waals surface area contributed by atoms with E-state index in [1.807, 2.05) is 91.8 Å². The minimum absolute atomic E-state index is 0.406. The van der Waals surface area contributed by atoms with E-state index < -0.39 is 13.2 Å². The smallest absolute Gasteiger partial charge is 0.258 e. The lowest BCUT2D eigenvalue weighted by Crippen LogP contribution is -2.21. The van der Waals surface area contributed by atoms with Gasteiger partial charge in [-0.15, -0.1) is 0 Å². The average Bonchev–Trinajstić information content (AvgIpc) is 2.87. The zero-order valence-corrected chi connectivity index (χ0v) is 21.5. The summed E-state index contributed by atoms with van der Waals surface area (Å²) >= 11 is 0. The normalized spacial score (nSPS) is 13.6. The maximum Gasteiger partial charge on any atom is 0.258 e. The van der Waals surface area contributed by atoms with E-state index in [9.17, 15) is 4.57 Å². The highest BCUT2D eigenvalue weighted by Crippen LogP contribution is 2.59. The van der Waals surface area contributed by atoms with Gasteiger partial charge in [-0.3, -0.25) is 4.57 Å². The minimum atomic E-state index is -3.43. The molecule has 3 aromatic rings. The molecule has 0 spiro atoms. The van der Waals surface area contributed by atoms with Gasteiger partial charge in [0.05, 0.1) is 20.8 Å². The molecule has 0 saturated carbocycles. The van der Waals surface area contributed by atoms with Crippen LogP contribution in [0.15, 0.2) is 72.8 Å². The molecule has 0 aliphatic carbocycles. The summed E-state index contributed by atoms with van der Waals surface area (Å²) in [5.41, 5.74) is 2.67. The standard InChI is InChI=1S/C27H35N2O4P/c1-6-7-19-33-34(30,24-16-14-23(15-17-24)29(2)3)27(28-22-11-9-8-10-12-22)21-13-18-25(31-4)26(20-21)32-5/h8-18,20,27-28H,6-7,19H2,1-5H3. The molecule has 0 saturated heterocycles. The van der Waals surface area contributed by atoms with E-state index in [0.29, 0.717) is 23.4 Å². The van der Waals surface area contributed by atoms with E-state index in [4.69, 9.17) is 14.0 Å². The van der Waals surface area contributed by atoms with Gasteiger partial charge >= 0.3 is 0 Å². The molecule has 3 aromatic carbocycles. The third-order valence-corrected chi connectivity index (χ3v) is 8.34. The van der Waals surface area contributed by atoms with E-state index in [-0.39, 0.29) is 0 Å². The van der Waals surface area contributed by atoms with Crippen LogP contribution < -0.4 is 25.0 Å². The molecule has 0 amide bonds. The van der Waals surface area contributed by atoms with E-state index >= 15 is 0 Å². The molecule has 3 rings (SSSR count). The molecule has 0 radical (unpaired) electrons. The Morgan fingerprint density at radius 1 is 0.912 bits per heavy atom. The number of para-hydroxylation sites is 1. The first-order chi connectivity index (χ1) is 16.4. The molecule has 34 heavy (non-hydrogen) atoms. The SMILES string of the molecule is CCCCOP(=O)(c1ccc(N(C)C)cc1)C(Nc1ccccc1)c1ccc(OC)c(OC)c1. The molecule has 0 heterocycles. The van der Waals surface area contributed by atoms with Crippen molar-refractivity contribution >= 4 is 24.0 Å². The molecular formula is C27H35N2O4P. The molecule has 1 N–H and O–H groups in total. The number of unbranched alkanes of at least 4 members (excludes halogenated alkanes) is 1. The first kappa shape index (κ1) is 25.7. The van der Waals surface area contributed by atoms with Crippen molar-refractivity contribution in [3.05, 3.63) is 78.4 Å². The summed E-state index contributed by atoms with van der Waals surface area (Å²) in [7, 11) is 3.73. The number of rotatable bonds is 12. The molecule has 6 nitrogen and oxygen atoms in total. The highest BCUT2D eigenvalue weighted by Gasteiger charge is 2.38. The van der Waals surface area contributed by atoms with E-state index in [1.54, 1.807) is 14.2 Å². The van der Waals surface area contributed by atoms with E-state index in [2.05, 4.69) is 12.2 Å². The van der Waals surface area contributed by atoms with Crippen LogP contribution in [0.3, 0.4) is 0 Å². The van der Waals surface area contributed by atoms with Crippen LogP contribution in [-0.2, 0) is 9.09 Å². The first-order valence-electron chi connectivity index (χ1n) is 11.5. The second-order valence-corrected chi connectivity index (χ2v) is 10.7. The zero-order chi connectivity index (χ0) is 24.6. The molecule has 0 aromatic heterocycles. The van der Waals surface area contributed by atoms with Gasteiger partial charge in [0.15, 0.2) is 11.5 Å². The molecule has 0 aliphatic heterocycles. The van der Waals surface area contributed by atoms with Crippen molar-refractivity contribution in [2.75, 3.05) is 45.1 Å². The predicted molar refractivity (Wildman–Crippen MR) is 141 cm³/mol. The third kappa shape index (κ3) is 5.94. The summed E-state index contributed by atoms with van der Waals surface area (Å²) in [5, 5.41) is 4.16. The molecule has 2 atom stereocenters. The lowest BCUT2D eigenvalue weighted by atomic mass is 10.2. The first-order valence-corrected chi connectivity index (χ1v) is 13.2. The van der Waals surface area contributed by atoms with Crippen LogP contribution in [-0.4, -0.2) is 34.9 Å². The van der Waals surface area contributed by atoms with Crippen LogP contribution in [0.1, 0.15) is 31.1 Å². The Kier molecular flexibility index (Phi) is 9.03. The summed E-state index contributed by atoms with van der Waals surface area (Å²) < 4.78 is 32.1. The van der Waals surface area contributed by atoms with Crippen molar-refractivity contribution in [2.45, 2.75) is 25.5 Å². The van der Waals surface area contributed by atoms with Crippen molar-refractivity contribution in [2.24, 2.45) is 0 Å². The number of hydrogen-bond acceptors (Lipinski definition) is 6. The van der Waals surface area contributed by atoms with Crippen LogP contribution in [0.4, 0.5) is 11.4 Å². The summed E-state index contributed by atoms with van der Waals surface area (Å²) in [6.07, 6.45) is 1.77. The number of anilines is 2. The Balaban J connectivity index is 2.15. The number of methoxy groups -OCH3 is 2. The number of benzene rings is 3. The molecule has 0 aliphatic rings. The summed E-state index contributed by atoms with van der Waals surface area (Å²) in [6, 6.07) is 23.1. The maximum absolute atomic E-state index is 14.9. The Morgan fingerprint density at radius 2 is 1.59 bits per heavy atom. The summed E-state index contributed by atoms with van der Waals surface area (Å²) in [6.45, 7) is 2.50. The number of ether oxygens (including phenoxy) is 2. The highest BCUT2D eigenvalue weighted by atomic mass is 31.2. The van der Waals surface area contributed by atoms with Gasteiger partial charge in [-0.2, -0.15) is 0 Å². The van der Waals surface area contributed by atoms with Gasteiger partial charge in [0.1, 0.15) is 5.78 Å². The Labute approximate surface area is 203 Å². The van der Waals surface area contributed by atoms with Gasteiger partial charge in [-0.05, 0) is 60.5 Å². The molecule has 0 fully saturated rings. The largest absolute Gasteiger partial charge is 0.493 e. The van der Waals surface area contributed by atoms with Crippen LogP contribution in [0.25, 0.3) is 0 Å². The van der Waals surface area contributed by atoms with Gasteiger partial charge in [0.25, 0.3) is 7.37 Å². The molecule has 0 bridgehead atoms. The fourth-order valence-electron chi connectivity index (χ4n) is 3.68. The summed E-state index contributed by atoms with van der Waals surface area (Å²) in [4.78, 5) is 2.01. The molecule has 182 valence electrons. The fraction of sp³-hybridized carbons (Fsp3) is 0.333. The van der Waals surface area contributed by atoms with Crippen LogP contribution >= 0.6 is 7.37 Å². The van der Waals surface area contributed by atoms with Crippen LogP contribution in [0.5, 0.6) is 11.5 Å². The van der Waals surface area contributed by atoms with Crippen molar-refractivity contribution in [1.82, 2.24) is 0 Å². The molecular weight excluding hydrogens is 447 g/mol. The topological polar surface area (TPSA) is 60.0 Å². The Hall–Kier alpha value is -2.95. The van der Waals surface area contributed by atoms with Gasteiger partial charge < -0.3 is 24.2 Å². The van der Waals surface area contributed by atoms with Gasteiger partial charge in [0.2, 0.25) is 0 Å². The van der Waals surface area contributed by atoms with Gasteiger partial charge in [0, 0.05) is 30.8 Å². The average molecular weight is 483 g/mol. The predicted octanol–water partition coefficient (Wildman–Crippen LogP) is 6.30. The number of nitrogens with zero attached hydrogens (tertiary/aromatic N) is 1. The van der Waals surface area contributed by atoms with Crippen LogP contribution in [0, 0.1) is 0 Å². The monoisotopic (exact) mass is 482 g/mol. The summed E-state index contributed by atoms with van der Waals surface area (Å²) in [5.74, 6) is 0.557. The van der Waals surface area contributed by atoms with Crippen molar-refractivity contribution < 1.29 is 18.6 Å². The second-order valence-electron chi connectivity index (χ2n) is 8.22. The number of hydrogen-bond donors (Lipinski definition) is 1. The minimum Gasteiger partial charge on any atom is -0.493 e. The van der Waals surface area contributed by atoms with Gasteiger partial charge in [-0.25, -0.2) is 0 Å².